The molecule has 2 rings (SSSR count). The Labute approximate surface area is 133 Å². The van der Waals surface area contributed by atoms with Crippen LogP contribution in [0.4, 0.5) is 0 Å². The molecule has 1 N–H and O–H groups in total. The van der Waals surface area contributed by atoms with Crippen LogP contribution in [0.1, 0.15) is 24.1 Å². The quantitative estimate of drug-likeness (QED) is 0.784. The van der Waals surface area contributed by atoms with Crippen molar-refractivity contribution >= 4 is 27.5 Å². The van der Waals surface area contributed by atoms with Gasteiger partial charge in [0.05, 0.1) is 4.47 Å². The van der Waals surface area contributed by atoms with E-state index in [1.54, 1.807) is 0 Å². The van der Waals surface area contributed by atoms with Gasteiger partial charge in [-0.25, -0.2) is 0 Å². The van der Waals surface area contributed by atoms with Gasteiger partial charge in [0.1, 0.15) is 11.5 Å². The molecule has 0 amide bonds. The van der Waals surface area contributed by atoms with Crippen LogP contribution in [0.25, 0.3) is 0 Å². The number of rotatable bonds is 4. The highest BCUT2D eigenvalue weighted by molar-refractivity contribution is 9.10. The molecule has 2 aromatic carbocycles. The van der Waals surface area contributed by atoms with Gasteiger partial charge in [0.25, 0.3) is 0 Å². The molecular formula is C16H17BrClNO. The highest BCUT2D eigenvalue weighted by Crippen LogP contribution is 2.33. The average Bonchev–Trinajstić information content (AvgIpc) is 2.41. The lowest BCUT2D eigenvalue weighted by Gasteiger charge is -2.14. The van der Waals surface area contributed by atoms with Gasteiger partial charge in [0.2, 0.25) is 0 Å². The number of benzene rings is 2. The zero-order valence-electron chi connectivity index (χ0n) is 11.7. The minimum atomic E-state index is 0.211. The molecular weight excluding hydrogens is 338 g/mol. The predicted molar refractivity (Wildman–Crippen MR) is 87.9 cm³/mol. The van der Waals surface area contributed by atoms with E-state index in [1.165, 1.54) is 5.56 Å². The summed E-state index contributed by atoms with van der Waals surface area (Å²) in [6.45, 7) is 4.11. The summed E-state index contributed by atoms with van der Waals surface area (Å²) >= 11 is 9.81. The van der Waals surface area contributed by atoms with Crippen LogP contribution in [0, 0.1) is 6.92 Å². The van der Waals surface area contributed by atoms with Crippen molar-refractivity contribution in [1.82, 2.24) is 5.32 Å². The summed E-state index contributed by atoms with van der Waals surface area (Å²) in [4.78, 5) is 0. The van der Waals surface area contributed by atoms with Crippen LogP contribution in [-0.4, -0.2) is 7.05 Å². The molecule has 0 spiro atoms. The van der Waals surface area contributed by atoms with Gasteiger partial charge in [-0.3, -0.25) is 0 Å². The van der Waals surface area contributed by atoms with Crippen LogP contribution < -0.4 is 10.1 Å². The Balaban J connectivity index is 2.24. The minimum Gasteiger partial charge on any atom is -0.456 e. The summed E-state index contributed by atoms with van der Waals surface area (Å²) in [6.07, 6.45) is 0. The fraction of sp³-hybridized carbons (Fsp3) is 0.250. The van der Waals surface area contributed by atoms with E-state index in [0.29, 0.717) is 5.02 Å². The van der Waals surface area contributed by atoms with Crippen molar-refractivity contribution in [3.05, 3.63) is 57.0 Å². The van der Waals surface area contributed by atoms with Gasteiger partial charge in [0, 0.05) is 11.1 Å². The largest absolute Gasteiger partial charge is 0.456 e. The molecule has 0 aliphatic heterocycles. The van der Waals surface area contributed by atoms with Crippen LogP contribution in [0.2, 0.25) is 5.02 Å². The molecule has 0 fully saturated rings. The number of aryl methyl sites for hydroxylation is 1. The summed E-state index contributed by atoms with van der Waals surface area (Å²) in [5.74, 6) is 1.51. The Morgan fingerprint density at radius 3 is 2.55 bits per heavy atom. The summed E-state index contributed by atoms with van der Waals surface area (Å²) < 4.78 is 6.79. The lowest BCUT2D eigenvalue weighted by atomic mass is 10.1. The van der Waals surface area contributed by atoms with Crippen molar-refractivity contribution in [2.75, 3.05) is 7.05 Å². The van der Waals surface area contributed by atoms with Gasteiger partial charge >= 0.3 is 0 Å². The van der Waals surface area contributed by atoms with Crippen LogP contribution in [0.15, 0.2) is 40.9 Å². The van der Waals surface area contributed by atoms with E-state index in [4.69, 9.17) is 16.3 Å². The second-order valence-corrected chi connectivity index (χ2v) is 5.99. The lowest BCUT2D eigenvalue weighted by molar-refractivity contribution is 0.479. The van der Waals surface area contributed by atoms with Crippen molar-refractivity contribution in [3.8, 4) is 11.5 Å². The van der Waals surface area contributed by atoms with Crippen LogP contribution in [0.5, 0.6) is 11.5 Å². The second-order valence-electron chi connectivity index (χ2n) is 4.73. The minimum absolute atomic E-state index is 0.211. The summed E-state index contributed by atoms with van der Waals surface area (Å²) in [5, 5.41) is 3.88. The van der Waals surface area contributed by atoms with E-state index < -0.39 is 0 Å². The number of hydrogen-bond donors (Lipinski definition) is 1. The van der Waals surface area contributed by atoms with Gasteiger partial charge < -0.3 is 10.1 Å². The second kappa shape index (κ2) is 6.61. The molecule has 0 saturated heterocycles. The molecule has 2 aromatic rings. The summed E-state index contributed by atoms with van der Waals surface area (Å²) in [7, 11) is 1.91. The van der Waals surface area contributed by atoms with E-state index in [0.717, 1.165) is 21.5 Å². The first-order valence-corrected chi connectivity index (χ1v) is 7.59. The zero-order valence-corrected chi connectivity index (χ0v) is 14.0. The lowest BCUT2D eigenvalue weighted by Crippen LogP contribution is -2.12. The predicted octanol–water partition coefficient (Wildman–Crippen LogP) is 5.48. The first-order valence-electron chi connectivity index (χ1n) is 6.42. The van der Waals surface area contributed by atoms with E-state index in [2.05, 4.69) is 28.2 Å². The van der Waals surface area contributed by atoms with Gasteiger partial charge in [-0.05, 0) is 72.2 Å². The highest BCUT2D eigenvalue weighted by Gasteiger charge is 2.10. The monoisotopic (exact) mass is 353 g/mol. The Kier molecular flexibility index (Phi) is 5.08. The van der Waals surface area contributed by atoms with Crippen LogP contribution in [-0.2, 0) is 0 Å². The maximum atomic E-state index is 6.30. The van der Waals surface area contributed by atoms with E-state index >= 15 is 0 Å². The standard InChI is InChI=1S/C16H17BrClNO/c1-10-4-7-16(14(17)8-10)20-12-5-6-13(11(2)19-3)15(18)9-12/h4-9,11,19H,1-3H3. The van der Waals surface area contributed by atoms with Crippen LogP contribution in [0.3, 0.4) is 0 Å². The summed E-state index contributed by atoms with van der Waals surface area (Å²) in [6, 6.07) is 12.0. The topological polar surface area (TPSA) is 21.3 Å². The van der Waals surface area contributed by atoms with Crippen molar-refractivity contribution in [1.29, 1.82) is 0 Å². The molecule has 1 unspecified atom stereocenters. The molecule has 4 heteroatoms. The fourth-order valence-corrected chi connectivity index (χ4v) is 2.80. The first kappa shape index (κ1) is 15.4. The molecule has 20 heavy (non-hydrogen) atoms. The maximum absolute atomic E-state index is 6.30. The third-order valence-electron chi connectivity index (χ3n) is 3.19. The molecule has 2 nitrogen and oxygen atoms in total. The molecule has 1 atom stereocenters. The third kappa shape index (κ3) is 3.54. The van der Waals surface area contributed by atoms with E-state index in [1.807, 2.05) is 50.4 Å². The van der Waals surface area contributed by atoms with E-state index in [-0.39, 0.29) is 6.04 Å². The van der Waals surface area contributed by atoms with Crippen LogP contribution >= 0.6 is 27.5 Å². The van der Waals surface area contributed by atoms with Gasteiger partial charge in [0.15, 0.2) is 0 Å². The molecule has 0 saturated carbocycles. The number of ether oxygens (including phenoxy) is 1. The highest BCUT2D eigenvalue weighted by atomic mass is 79.9. The number of nitrogens with one attached hydrogen (secondary N) is 1. The van der Waals surface area contributed by atoms with Gasteiger partial charge in [-0.1, -0.05) is 23.7 Å². The summed E-state index contributed by atoms with van der Waals surface area (Å²) in [5.41, 5.74) is 2.24. The Morgan fingerprint density at radius 2 is 1.95 bits per heavy atom. The Morgan fingerprint density at radius 1 is 1.20 bits per heavy atom. The third-order valence-corrected chi connectivity index (χ3v) is 4.13. The first-order chi connectivity index (χ1) is 9.51. The molecule has 0 heterocycles. The van der Waals surface area contributed by atoms with Crippen molar-refractivity contribution < 1.29 is 4.74 Å². The normalized spacial score (nSPS) is 12.2. The molecule has 106 valence electrons. The van der Waals surface area contributed by atoms with Gasteiger partial charge in [-0.2, -0.15) is 0 Å². The van der Waals surface area contributed by atoms with Crippen molar-refractivity contribution in [2.24, 2.45) is 0 Å². The average molecular weight is 355 g/mol. The Hall–Kier alpha value is -1.03. The Bertz CT molecular complexity index is 615. The molecule has 0 aliphatic carbocycles. The van der Waals surface area contributed by atoms with Crippen molar-refractivity contribution in [3.63, 3.8) is 0 Å². The smallest absolute Gasteiger partial charge is 0.141 e. The molecule has 0 radical (unpaired) electrons. The van der Waals surface area contributed by atoms with Gasteiger partial charge in [-0.15, -0.1) is 0 Å². The fourth-order valence-electron chi connectivity index (χ4n) is 1.89. The zero-order chi connectivity index (χ0) is 14.7. The van der Waals surface area contributed by atoms with Crippen molar-refractivity contribution in [2.45, 2.75) is 19.9 Å². The molecule has 0 bridgehead atoms. The number of hydrogen-bond acceptors (Lipinski definition) is 2. The number of halogens is 2. The molecule has 0 aromatic heterocycles. The molecule has 0 aliphatic rings. The SMILES string of the molecule is CNC(C)c1ccc(Oc2ccc(C)cc2Br)cc1Cl. The maximum Gasteiger partial charge on any atom is 0.141 e. The van der Waals surface area contributed by atoms with E-state index in [9.17, 15) is 0 Å².